The van der Waals surface area contributed by atoms with Crippen molar-refractivity contribution in [1.29, 1.82) is 0 Å². The predicted octanol–water partition coefficient (Wildman–Crippen LogP) is 7.04. The van der Waals surface area contributed by atoms with Gasteiger partial charge in [-0.2, -0.15) is 0 Å². The van der Waals surface area contributed by atoms with Crippen molar-refractivity contribution >= 4 is 60.6 Å². The Balaban J connectivity index is 1.38. The van der Waals surface area contributed by atoms with Crippen LogP contribution in [0.5, 0.6) is 5.75 Å². The summed E-state index contributed by atoms with van der Waals surface area (Å²) >= 11 is 6.89. The lowest BCUT2D eigenvalue weighted by Crippen LogP contribution is -2.30. The van der Waals surface area contributed by atoms with Crippen LogP contribution in [0.4, 0.5) is 4.79 Å². The summed E-state index contributed by atoms with van der Waals surface area (Å²) in [4.78, 5) is 26.8. The Hall–Kier alpha value is -3.42. The number of nitrogens with zero attached hydrogens (tertiary/aromatic N) is 1. The first-order valence-electron chi connectivity index (χ1n) is 11.0. The molecule has 7 heteroatoms. The zero-order chi connectivity index (χ0) is 24.4. The molecule has 0 atom stereocenters. The SMILES string of the molecule is O=C1N/C(=C/c2cc(Br)ccc2OCc2cccc3ccccc23)C(=O)N1Cc1ccc(Br)cc1. The number of benzene rings is 4. The fraction of sp³-hybridized carbons (Fsp3) is 0.0714. The molecular formula is C28H20Br2N2O3. The van der Waals surface area contributed by atoms with Gasteiger partial charge in [0.25, 0.3) is 5.91 Å². The van der Waals surface area contributed by atoms with E-state index in [4.69, 9.17) is 4.74 Å². The van der Waals surface area contributed by atoms with Gasteiger partial charge in [-0.15, -0.1) is 0 Å². The van der Waals surface area contributed by atoms with Gasteiger partial charge in [-0.3, -0.25) is 9.69 Å². The van der Waals surface area contributed by atoms with E-state index in [1.807, 2.05) is 66.7 Å². The summed E-state index contributed by atoms with van der Waals surface area (Å²) in [6, 6.07) is 27.0. The van der Waals surface area contributed by atoms with Gasteiger partial charge in [0.05, 0.1) is 6.54 Å². The maximum Gasteiger partial charge on any atom is 0.329 e. The standard InChI is InChI=1S/C28H20Br2N2O3/c29-22-10-8-18(9-11-22)16-32-27(33)25(31-28(32)34)15-21-14-23(30)12-13-26(21)35-17-20-6-3-5-19-4-1-2-7-24(19)20/h1-15H,16-17H2,(H,31,34)/b25-15+. The van der Waals surface area contributed by atoms with Gasteiger partial charge in [0, 0.05) is 14.5 Å². The molecule has 1 aliphatic rings. The Morgan fingerprint density at radius 2 is 1.60 bits per heavy atom. The van der Waals surface area contributed by atoms with Crippen LogP contribution in [0.1, 0.15) is 16.7 Å². The van der Waals surface area contributed by atoms with Crippen LogP contribution in [0, 0.1) is 0 Å². The smallest absolute Gasteiger partial charge is 0.329 e. The fourth-order valence-corrected chi connectivity index (χ4v) is 4.62. The molecule has 0 spiro atoms. The molecule has 0 bridgehead atoms. The number of carbonyl (C=O) groups is 2. The van der Waals surface area contributed by atoms with E-state index in [0.29, 0.717) is 17.9 Å². The highest BCUT2D eigenvalue weighted by atomic mass is 79.9. The van der Waals surface area contributed by atoms with Crippen molar-refractivity contribution in [3.8, 4) is 5.75 Å². The predicted molar refractivity (Wildman–Crippen MR) is 144 cm³/mol. The second kappa shape index (κ2) is 10.1. The van der Waals surface area contributed by atoms with Gasteiger partial charge in [-0.1, -0.05) is 86.5 Å². The van der Waals surface area contributed by atoms with Gasteiger partial charge in [0.2, 0.25) is 0 Å². The number of urea groups is 1. The summed E-state index contributed by atoms with van der Waals surface area (Å²) in [7, 11) is 0. The summed E-state index contributed by atoms with van der Waals surface area (Å²) in [5.41, 5.74) is 2.82. The number of fused-ring (bicyclic) bond motifs is 1. The maximum atomic E-state index is 13.0. The highest BCUT2D eigenvalue weighted by Crippen LogP contribution is 2.29. The molecule has 0 radical (unpaired) electrons. The van der Waals surface area contributed by atoms with E-state index in [1.165, 1.54) is 4.90 Å². The van der Waals surface area contributed by atoms with Crippen molar-refractivity contribution in [1.82, 2.24) is 10.2 Å². The first-order valence-corrected chi connectivity index (χ1v) is 12.5. The van der Waals surface area contributed by atoms with Crippen LogP contribution in [0.15, 0.2) is 99.6 Å². The average molecular weight is 592 g/mol. The van der Waals surface area contributed by atoms with Crippen molar-refractivity contribution in [3.63, 3.8) is 0 Å². The van der Waals surface area contributed by atoms with E-state index in [-0.39, 0.29) is 18.1 Å². The van der Waals surface area contributed by atoms with Crippen LogP contribution < -0.4 is 10.1 Å². The molecule has 5 rings (SSSR count). The molecule has 1 saturated heterocycles. The van der Waals surface area contributed by atoms with Crippen LogP contribution in [0.3, 0.4) is 0 Å². The molecule has 4 aromatic carbocycles. The lowest BCUT2D eigenvalue weighted by molar-refractivity contribution is -0.123. The summed E-state index contributed by atoms with van der Waals surface area (Å²) in [5.74, 6) is 0.236. The minimum atomic E-state index is -0.447. The van der Waals surface area contributed by atoms with Crippen LogP contribution in [-0.2, 0) is 17.9 Å². The number of nitrogens with one attached hydrogen (secondary N) is 1. The van der Waals surface area contributed by atoms with Crippen LogP contribution >= 0.6 is 31.9 Å². The van der Waals surface area contributed by atoms with Crippen molar-refractivity contribution in [2.45, 2.75) is 13.2 Å². The quantitative estimate of drug-likeness (QED) is 0.193. The average Bonchev–Trinajstić information content (AvgIpc) is 3.12. The zero-order valence-corrected chi connectivity index (χ0v) is 21.7. The minimum absolute atomic E-state index is 0.193. The number of hydrogen-bond acceptors (Lipinski definition) is 3. The van der Waals surface area contributed by atoms with Gasteiger partial charge in [-0.25, -0.2) is 4.79 Å². The Kier molecular flexibility index (Phi) is 6.70. The number of amides is 3. The highest BCUT2D eigenvalue weighted by molar-refractivity contribution is 9.10. The van der Waals surface area contributed by atoms with E-state index in [2.05, 4.69) is 55.4 Å². The molecule has 1 heterocycles. The van der Waals surface area contributed by atoms with Gasteiger partial charge >= 0.3 is 6.03 Å². The Morgan fingerprint density at radius 3 is 2.43 bits per heavy atom. The Labute approximate surface area is 219 Å². The van der Waals surface area contributed by atoms with Crippen LogP contribution in [0.25, 0.3) is 16.8 Å². The molecule has 3 amide bonds. The zero-order valence-electron chi connectivity index (χ0n) is 18.5. The molecule has 1 fully saturated rings. The van der Waals surface area contributed by atoms with E-state index >= 15 is 0 Å². The number of ether oxygens (including phenoxy) is 1. The van der Waals surface area contributed by atoms with Gasteiger partial charge < -0.3 is 10.1 Å². The van der Waals surface area contributed by atoms with Crippen molar-refractivity contribution in [2.24, 2.45) is 0 Å². The minimum Gasteiger partial charge on any atom is -0.488 e. The second-order valence-electron chi connectivity index (χ2n) is 8.12. The van der Waals surface area contributed by atoms with Crippen molar-refractivity contribution in [2.75, 3.05) is 0 Å². The van der Waals surface area contributed by atoms with E-state index in [0.717, 1.165) is 30.8 Å². The fourth-order valence-electron chi connectivity index (χ4n) is 3.98. The molecule has 0 saturated carbocycles. The third-order valence-electron chi connectivity index (χ3n) is 5.75. The molecule has 0 aliphatic carbocycles. The number of carbonyl (C=O) groups excluding carboxylic acids is 2. The lowest BCUT2D eigenvalue weighted by Gasteiger charge is -2.13. The Bertz CT molecular complexity index is 1460. The van der Waals surface area contributed by atoms with E-state index in [9.17, 15) is 9.59 Å². The monoisotopic (exact) mass is 590 g/mol. The van der Waals surface area contributed by atoms with E-state index < -0.39 is 6.03 Å². The molecular weight excluding hydrogens is 572 g/mol. The normalized spacial score (nSPS) is 14.6. The lowest BCUT2D eigenvalue weighted by atomic mass is 10.1. The van der Waals surface area contributed by atoms with Crippen molar-refractivity contribution < 1.29 is 14.3 Å². The Morgan fingerprint density at radius 1 is 0.857 bits per heavy atom. The third kappa shape index (κ3) is 5.16. The number of rotatable bonds is 6. The summed E-state index contributed by atoms with van der Waals surface area (Å²) < 4.78 is 7.96. The molecule has 4 aromatic rings. The second-order valence-corrected chi connectivity index (χ2v) is 9.95. The first kappa shape index (κ1) is 23.3. The third-order valence-corrected chi connectivity index (χ3v) is 6.77. The molecule has 35 heavy (non-hydrogen) atoms. The van der Waals surface area contributed by atoms with Gasteiger partial charge in [-0.05, 0) is 58.3 Å². The number of halogens is 2. The molecule has 1 aliphatic heterocycles. The van der Waals surface area contributed by atoms with E-state index in [1.54, 1.807) is 6.08 Å². The molecule has 174 valence electrons. The highest BCUT2D eigenvalue weighted by Gasteiger charge is 2.33. The van der Waals surface area contributed by atoms with Crippen LogP contribution in [0.2, 0.25) is 0 Å². The van der Waals surface area contributed by atoms with Crippen LogP contribution in [-0.4, -0.2) is 16.8 Å². The van der Waals surface area contributed by atoms with Crippen molar-refractivity contribution in [3.05, 3.63) is 116 Å². The topological polar surface area (TPSA) is 58.6 Å². The van der Waals surface area contributed by atoms with Gasteiger partial charge in [0.1, 0.15) is 18.1 Å². The molecule has 0 unspecified atom stereocenters. The summed E-state index contributed by atoms with van der Waals surface area (Å²) in [6.45, 7) is 0.563. The molecule has 5 nitrogen and oxygen atoms in total. The first-order chi connectivity index (χ1) is 17.0. The molecule has 0 aromatic heterocycles. The number of hydrogen-bond donors (Lipinski definition) is 1. The largest absolute Gasteiger partial charge is 0.488 e. The molecule has 1 N–H and O–H groups in total. The summed E-state index contributed by atoms with van der Waals surface area (Å²) in [5, 5.41) is 4.98. The summed E-state index contributed by atoms with van der Waals surface area (Å²) in [6.07, 6.45) is 1.66. The van der Waals surface area contributed by atoms with Gasteiger partial charge in [0.15, 0.2) is 0 Å². The number of imide groups is 1. The maximum absolute atomic E-state index is 13.0.